The second kappa shape index (κ2) is 4.39. The molecule has 3 heterocycles. The van der Waals surface area contributed by atoms with Gasteiger partial charge in [0, 0.05) is 45.2 Å². The molecule has 5 nitrogen and oxygen atoms in total. The number of rotatable bonds is 1. The number of hydrogen-bond donors (Lipinski definition) is 1. The molecule has 1 N–H and O–H groups in total. The summed E-state index contributed by atoms with van der Waals surface area (Å²) in [5.74, 6) is 1.36. The summed E-state index contributed by atoms with van der Waals surface area (Å²) in [6.07, 6.45) is 2.65. The van der Waals surface area contributed by atoms with E-state index in [2.05, 4.69) is 21.8 Å². The second-order valence-electron chi connectivity index (χ2n) is 5.32. The summed E-state index contributed by atoms with van der Waals surface area (Å²) in [7, 11) is 1.90. The number of hydrogen-bond acceptors (Lipinski definition) is 3. The number of likely N-dealkylation sites (N-methyl/N-ethyl adjacent to an activating group) is 1. The van der Waals surface area contributed by atoms with Crippen LogP contribution >= 0.6 is 0 Å². The number of aromatic nitrogens is 2. The zero-order chi connectivity index (χ0) is 12.7. The van der Waals surface area contributed by atoms with Gasteiger partial charge in [-0.15, -0.1) is 0 Å². The van der Waals surface area contributed by atoms with Crippen molar-refractivity contribution in [3.05, 3.63) is 17.2 Å². The molecule has 5 heteroatoms. The molecule has 2 aliphatic rings. The first-order valence-corrected chi connectivity index (χ1v) is 6.68. The van der Waals surface area contributed by atoms with E-state index >= 15 is 0 Å². The Bertz CT molecular complexity index is 480. The van der Waals surface area contributed by atoms with Crippen molar-refractivity contribution in [1.29, 1.82) is 0 Å². The van der Waals surface area contributed by atoms with Gasteiger partial charge in [0.1, 0.15) is 5.82 Å². The zero-order valence-corrected chi connectivity index (χ0v) is 11.1. The van der Waals surface area contributed by atoms with Crippen molar-refractivity contribution in [2.45, 2.75) is 38.8 Å². The van der Waals surface area contributed by atoms with E-state index in [0.29, 0.717) is 12.5 Å². The van der Waals surface area contributed by atoms with Gasteiger partial charge in [0.05, 0.1) is 11.7 Å². The minimum atomic E-state index is 0.263. The normalized spacial score (nSPS) is 24.2. The summed E-state index contributed by atoms with van der Waals surface area (Å²) in [6, 6.07) is 0.405. The fourth-order valence-electron chi connectivity index (χ4n) is 3.15. The summed E-state index contributed by atoms with van der Waals surface area (Å²) >= 11 is 0. The SMILES string of the molecule is Cc1nc2c(n1C1CCC(=O)N(C)C1)CCNC2. The lowest BCUT2D eigenvalue weighted by Crippen LogP contribution is -2.39. The van der Waals surface area contributed by atoms with E-state index in [1.807, 2.05) is 11.9 Å². The topological polar surface area (TPSA) is 50.2 Å². The van der Waals surface area contributed by atoms with Gasteiger partial charge in [-0.25, -0.2) is 4.98 Å². The molecule has 0 aliphatic carbocycles. The van der Waals surface area contributed by atoms with Gasteiger partial charge < -0.3 is 14.8 Å². The van der Waals surface area contributed by atoms with Crippen LogP contribution < -0.4 is 5.32 Å². The number of imidazole rings is 1. The molecule has 1 unspecified atom stereocenters. The predicted molar refractivity (Wildman–Crippen MR) is 68.3 cm³/mol. The van der Waals surface area contributed by atoms with Gasteiger partial charge in [-0.3, -0.25) is 4.79 Å². The number of piperidine rings is 1. The molecule has 1 amide bonds. The van der Waals surface area contributed by atoms with Crippen molar-refractivity contribution >= 4 is 5.91 Å². The van der Waals surface area contributed by atoms with Gasteiger partial charge in [0.2, 0.25) is 5.91 Å². The van der Waals surface area contributed by atoms with Crippen LogP contribution in [0, 0.1) is 6.92 Å². The highest BCUT2D eigenvalue weighted by Crippen LogP contribution is 2.27. The number of nitrogens with zero attached hydrogens (tertiary/aromatic N) is 3. The minimum Gasteiger partial charge on any atom is -0.344 e. The van der Waals surface area contributed by atoms with Crippen molar-refractivity contribution in [2.75, 3.05) is 20.1 Å². The molecule has 0 saturated carbocycles. The summed E-state index contributed by atoms with van der Waals surface area (Å²) in [6.45, 7) is 4.80. The van der Waals surface area contributed by atoms with Crippen LogP contribution in [0.1, 0.15) is 36.1 Å². The average molecular weight is 248 g/mol. The molecule has 3 rings (SSSR count). The molecular formula is C13H20N4O. The first kappa shape index (κ1) is 11.7. The fraction of sp³-hybridized carbons (Fsp3) is 0.692. The minimum absolute atomic E-state index is 0.263. The second-order valence-corrected chi connectivity index (χ2v) is 5.32. The molecule has 0 aromatic carbocycles. The van der Waals surface area contributed by atoms with E-state index in [1.54, 1.807) is 0 Å². The van der Waals surface area contributed by atoms with Crippen molar-refractivity contribution in [1.82, 2.24) is 19.8 Å². The Morgan fingerprint density at radius 1 is 1.39 bits per heavy atom. The summed E-state index contributed by atoms with van der Waals surface area (Å²) < 4.78 is 2.37. The van der Waals surface area contributed by atoms with Crippen LogP contribution in [-0.4, -0.2) is 40.5 Å². The number of fused-ring (bicyclic) bond motifs is 1. The van der Waals surface area contributed by atoms with Gasteiger partial charge in [0.25, 0.3) is 0 Å². The number of carbonyl (C=O) groups excluding carboxylic acids is 1. The molecule has 1 fully saturated rings. The van der Waals surface area contributed by atoms with E-state index in [-0.39, 0.29) is 5.91 Å². The van der Waals surface area contributed by atoms with Crippen molar-refractivity contribution in [2.24, 2.45) is 0 Å². The highest BCUT2D eigenvalue weighted by Gasteiger charge is 2.28. The molecule has 0 radical (unpaired) electrons. The lowest BCUT2D eigenvalue weighted by atomic mass is 10.0. The third-order valence-corrected chi connectivity index (χ3v) is 4.07. The largest absolute Gasteiger partial charge is 0.344 e. The maximum atomic E-state index is 11.6. The van der Waals surface area contributed by atoms with E-state index < -0.39 is 0 Å². The van der Waals surface area contributed by atoms with E-state index in [0.717, 1.165) is 38.3 Å². The van der Waals surface area contributed by atoms with Crippen molar-refractivity contribution < 1.29 is 4.79 Å². The molecule has 1 aromatic heterocycles. The van der Waals surface area contributed by atoms with E-state index in [4.69, 9.17) is 0 Å². The summed E-state index contributed by atoms with van der Waals surface area (Å²) in [4.78, 5) is 18.1. The number of carbonyl (C=O) groups is 1. The summed E-state index contributed by atoms with van der Waals surface area (Å²) in [5.41, 5.74) is 2.57. The van der Waals surface area contributed by atoms with Gasteiger partial charge in [-0.2, -0.15) is 0 Å². The van der Waals surface area contributed by atoms with Crippen LogP contribution in [0.5, 0.6) is 0 Å². The maximum Gasteiger partial charge on any atom is 0.222 e. The van der Waals surface area contributed by atoms with E-state index in [1.165, 1.54) is 11.4 Å². The van der Waals surface area contributed by atoms with Crippen LogP contribution in [0.2, 0.25) is 0 Å². The summed E-state index contributed by atoms with van der Waals surface area (Å²) in [5, 5.41) is 3.36. The third-order valence-electron chi connectivity index (χ3n) is 4.07. The molecule has 2 aliphatic heterocycles. The molecule has 18 heavy (non-hydrogen) atoms. The smallest absolute Gasteiger partial charge is 0.222 e. The molecule has 1 aromatic rings. The Morgan fingerprint density at radius 2 is 2.22 bits per heavy atom. The molecule has 98 valence electrons. The van der Waals surface area contributed by atoms with Crippen LogP contribution in [-0.2, 0) is 17.8 Å². The third kappa shape index (κ3) is 1.82. The Labute approximate surface area is 107 Å². The van der Waals surface area contributed by atoms with Crippen molar-refractivity contribution in [3.63, 3.8) is 0 Å². The van der Waals surface area contributed by atoms with E-state index in [9.17, 15) is 4.79 Å². The molecular weight excluding hydrogens is 228 g/mol. The molecule has 0 spiro atoms. The van der Waals surface area contributed by atoms with Crippen LogP contribution in [0.4, 0.5) is 0 Å². The Kier molecular flexibility index (Phi) is 2.86. The monoisotopic (exact) mass is 248 g/mol. The molecule has 1 atom stereocenters. The number of amides is 1. The molecule has 0 bridgehead atoms. The number of likely N-dealkylation sites (tertiary alicyclic amines) is 1. The van der Waals surface area contributed by atoms with Gasteiger partial charge in [-0.1, -0.05) is 0 Å². The maximum absolute atomic E-state index is 11.6. The van der Waals surface area contributed by atoms with Crippen LogP contribution in [0.25, 0.3) is 0 Å². The van der Waals surface area contributed by atoms with Gasteiger partial charge in [-0.05, 0) is 13.3 Å². The van der Waals surface area contributed by atoms with Gasteiger partial charge in [0.15, 0.2) is 0 Å². The van der Waals surface area contributed by atoms with Crippen LogP contribution in [0.3, 0.4) is 0 Å². The van der Waals surface area contributed by atoms with Crippen molar-refractivity contribution in [3.8, 4) is 0 Å². The molecule has 1 saturated heterocycles. The fourth-order valence-corrected chi connectivity index (χ4v) is 3.15. The zero-order valence-electron chi connectivity index (χ0n) is 11.1. The lowest BCUT2D eigenvalue weighted by Gasteiger charge is -2.32. The lowest BCUT2D eigenvalue weighted by molar-refractivity contribution is -0.132. The first-order chi connectivity index (χ1) is 8.66. The average Bonchev–Trinajstić information content (AvgIpc) is 2.69. The highest BCUT2D eigenvalue weighted by atomic mass is 16.2. The first-order valence-electron chi connectivity index (χ1n) is 6.68. The Hall–Kier alpha value is -1.36. The van der Waals surface area contributed by atoms with Crippen LogP contribution in [0.15, 0.2) is 0 Å². The Balaban J connectivity index is 1.92. The quantitative estimate of drug-likeness (QED) is 0.793. The highest BCUT2D eigenvalue weighted by molar-refractivity contribution is 5.76. The predicted octanol–water partition coefficient (Wildman–Crippen LogP) is 0.631. The standard InChI is InChI=1S/C13H20N4O/c1-9-15-11-7-14-6-5-12(11)17(9)10-3-4-13(18)16(2)8-10/h10,14H,3-8H2,1-2H3. The van der Waals surface area contributed by atoms with Gasteiger partial charge >= 0.3 is 0 Å². The number of aryl methyl sites for hydroxylation is 1. The Morgan fingerprint density at radius 3 is 3.00 bits per heavy atom. The number of nitrogens with one attached hydrogen (secondary N) is 1.